The van der Waals surface area contributed by atoms with Gasteiger partial charge >= 0.3 is 5.97 Å². The molecular formula is C26H31BrO2Si. The number of ether oxygens (including phenoxy) is 1. The standard InChI is InChI=1S/C26H31BrO2Si/c1-20(12-11-17-25(28)29-3)26(23-15-9-10-16-24(23)27)21(2)18-19-30(4,5)22-13-7-6-8-14-22/h6-10,13-16,18-21,26H,17H2,1-5H3/b19-18+/t20-,21+,26+/m1/s1. The van der Waals surface area contributed by atoms with Crippen LogP contribution in [0.4, 0.5) is 0 Å². The van der Waals surface area contributed by atoms with Crippen LogP contribution < -0.4 is 5.19 Å². The van der Waals surface area contributed by atoms with E-state index in [0.29, 0.717) is 5.92 Å². The van der Waals surface area contributed by atoms with Crippen LogP contribution in [0.2, 0.25) is 13.1 Å². The lowest BCUT2D eigenvalue weighted by Crippen LogP contribution is -2.39. The second-order valence-electron chi connectivity index (χ2n) is 8.22. The first kappa shape index (κ1) is 24.2. The van der Waals surface area contributed by atoms with E-state index in [0.717, 1.165) is 4.47 Å². The molecule has 0 aromatic heterocycles. The minimum Gasteiger partial charge on any atom is -0.468 e. The molecular weight excluding hydrogens is 452 g/mol. The lowest BCUT2D eigenvalue weighted by Gasteiger charge is -2.28. The van der Waals surface area contributed by atoms with Crippen LogP contribution in [0.1, 0.15) is 31.7 Å². The maximum Gasteiger partial charge on any atom is 0.317 e. The molecule has 30 heavy (non-hydrogen) atoms. The topological polar surface area (TPSA) is 26.3 Å². The molecule has 0 radical (unpaired) electrons. The maximum absolute atomic E-state index is 11.4. The van der Waals surface area contributed by atoms with Crippen molar-refractivity contribution in [3.8, 4) is 11.8 Å². The van der Waals surface area contributed by atoms with Crippen LogP contribution >= 0.6 is 15.9 Å². The van der Waals surface area contributed by atoms with Gasteiger partial charge in [0, 0.05) is 16.3 Å². The highest BCUT2D eigenvalue weighted by atomic mass is 79.9. The summed E-state index contributed by atoms with van der Waals surface area (Å²) in [7, 11) is -0.281. The number of esters is 1. The molecule has 0 saturated heterocycles. The van der Waals surface area contributed by atoms with E-state index in [1.54, 1.807) is 0 Å². The minimum atomic E-state index is -1.67. The molecule has 0 unspecified atom stereocenters. The van der Waals surface area contributed by atoms with Crippen molar-refractivity contribution in [3.63, 3.8) is 0 Å². The highest BCUT2D eigenvalue weighted by Gasteiger charge is 2.26. The number of hydrogen-bond donors (Lipinski definition) is 0. The van der Waals surface area contributed by atoms with Crippen molar-refractivity contribution >= 4 is 35.2 Å². The summed E-state index contributed by atoms with van der Waals surface area (Å²) in [6, 6.07) is 19.1. The van der Waals surface area contributed by atoms with Crippen LogP contribution in [0.5, 0.6) is 0 Å². The van der Waals surface area contributed by atoms with Crippen LogP contribution in [-0.2, 0) is 9.53 Å². The molecule has 0 N–H and O–H groups in total. The number of carbonyl (C=O) groups excluding carboxylic acids is 1. The minimum absolute atomic E-state index is 0.0921. The summed E-state index contributed by atoms with van der Waals surface area (Å²) in [6.45, 7) is 9.14. The second kappa shape index (κ2) is 11.3. The summed E-state index contributed by atoms with van der Waals surface area (Å²) in [5.41, 5.74) is 3.68. The fourth-order valence-electron chi connectivity index (χ4n) is 3.68. The first-order valence-electron chi connectivity index (χ1n) is 10.3. The molecule has 0 fully saturated rings. The third-order valence-electron chi connectivity index (χ3n) is 5.49. The van der Waals surface area contributed by atoms with Gasteiger partial charge in [0.15, 0.2) is 0 Å². The predicted octanol–water partition coefficient (Wildman–Crippen LogP) is 6.08. The van der Waals surface area contributed by atoms with Crippen LogP contribution in [0, 0.1) is 23.7 Å². The zero-order valence-corrected chi connectivity index (χ0v) is 21.1. The third-order valence-corrected chi connectivity index (χ3v) is 9.06. The van der Waals surface area contributed by atoms with Crippen molar-refractivity contribution in [2.24, 2.45) is 11.8 Å². The van der Waals surface area contributed by atoms with Gasteiger partial charge in [-0.25, -0.2) is 0 Å². The SMILES string of the molecule is COC(=O)CC#C[C@@H](C)[C@H](c1ccccc1Br)[C@@H](C)/C=C/[Si](C)(C)c1ccccc1. The fourth-order valence-corrected chi connectivity index (χ4v) is 6.25. The van der Waals surface area contributed by atoms with Gasteiger partial charge in [0.05, 0.1) is 7.11 Å². The van der Waals surface area contributed by atoms with E-state index in [-0.39, 0.29) is 24.2 Å². The molecule has 2 aromatic rings. The molecule has 2 rings (SSSR count). The number of methoxy groups -OCH3 is 1. The van der Waals surface area contributed by atoms with Crippen LogP contribution in [0.25, 0.3) is 0 Å². The van der Waals surface area contributed by atoms with E-state index in [2.05, 4.69) is 115 Å². The van der Waals surface area contributed by atoms with Gasteiger partial charge in [0.1, 0.15) is 14.5 Å². The van der Waals surface area contributed by atoms with Crippen molar-refractivity contribution in [2.75, 3.05) is 7.11 Å². The molecule has 3 atom stereocenters. The Morgan fingerprint density at radius 1 is 1.10 bits per heavy atom. The number of carbonyl (C=O) groups is 1. The zero-order chi connectivity index (χ0) is 22.1. The number of allylic oxidation sites excluding steroid dienone is 1. The first-order valence-corrected chi connectivity index (χ1v) is 14.2. The molecule has 0 aliphatic heterocycles. The Hall–Kier alpha value is -2.09. The van der Waals surface area contributed by atoms with Gasteiger partial charge < -0.3 is 4.74 Å². The Balaban J connectivity index is 2.32. The Labute approximate surface area is 190 Å². The Morgan fingerprint density at radius 3 is 2.37 bits per heavy atom. The van der Waals surface area contributed by atoms with E-state index >= 15 is 0 Å². The zero-order valence-electron chi connectivity index (χ0n) is 18.5. The Kier molecular flexibility index (Phi) is 9.14. The third kappa shape index (κ3) is 6.72. The average molecular weight is 484 g/mol. The van der Waals surface area contributed by atoms with Gasteiger partial charge in [-0.3, -0.25) is 4.79 Å². The van der Waals surface area contributed by atoms with Crippen molar-refractivity contribution in [1.29, 1.82) is 0 Å². The first-order chi connectivity index (χ1) is 14.3. The summed E-state index contributed by atoms with van der Waals surface area (Å²) >= 11 is 3.73. The molecule has 0 aliphatic rings. The molecule has 4 heteroatoms. The van der Waals surface area contributed by atoms with E-state index in [1.807, 2.05) is 6.07 Å². The number of halogens is 1. The maximum atomic E-state index is 11.4. The predicted molar refractivity (Wildman–Crippen MR) is 132 cm³/mol. The van der Waals surface area contributed by atoms with Gasteiger partial charge in [-0.15, -0.1) is 0 Å². The van der Waals surface area contributed by atoms with Crippen LogP contribution in [0.3, 0.4) is 0 Å². The number of rotatable bonds is 7. The van der Waals surface area contributed by atoms with Crippen LogP contribution in [0.15, 0.2) is 70.8 Å². The number of hydrogen-bond acceptors (Lipinski definition) is 2. The largest absolute Gasteiger partial charge is 0.468 e. The molecule has 0 amide bonds. The summed E-state index contributed by atoms with van der Waals surface area (Å²) in [6.07, 6.45) is 2.49. The Bertz CT molecular complexity index is 925. The molecule has 0 spiro atoms. The average Bonchev–Trinajstić information content (AvgIpc) is 2.74. The monoisotopic (exact) mass is 482 g/mol. The molecule has 0 saturated carbocycles. The highest BCUT2D eigenvalue weighted by molar-refractivity contribution is 9.10. The second-order valence-corrected chi connectivity index (χ2v) is 13.4. The van der Waals surface area contributed by atoms with E-state index in [9.17, 15) is 4.79 Å². The summed E-state index contributed by atoms with van der Waals surface area (Å²) < 4.78 is 5.80. The van der Waals surface area contributed by atoms with Crippen LogP contribution in [-0.4, -0.2) is 21.2 Å². The normalized spacial score (nSPS) is 14.5. The summed E-state index contributed by atoms with van der Waals surface area (Å²) in [5.74, 6) is 6.59. The molecule has 2 nitrogen and oxygen atoms in total. The van der Waals surface area contributed by atoms with Gasteiger partial charge in [-0.1, -0.05) is 120 Å². The van der Waals surface area contributed by atoms with Gasteiger partial charge in [-0.05, 0) is 17.5 Å². The van der Waals surface area contributed by atoms with Gasteiger partial charge in [0.2, 0.25) is 0 Å². The highest BCUT2D eigenvalue weighted by Crippen LogP contribution is 2.37. The summed E-state index contributed by atoms with van der Waals surface area (Å²) in [5, 5.41) is 1.43. The Morgan fingerprint density at radius 2 is 1.73 bits per heavy atom. The molecule has 0 heterocycles. The molecule has 0 aliphatic carbocycles. The molecule has 158 valence electrons. The van der Waals surface area contributed by atoms with Crippen molar-refractivity contribution in [2.45, 2.75) is 39.3 Å². The van der Waals surface area contributed by atoms with E-state index < -0.39 is 8.07 Å². The molecule has 0 bridgehead atoms. The quantitative estimate of drug-likeness (QED) is 0.271. The van der Waals surface area contributed by atoms with E-state index in [1.165, 1.54) is 17.9 Å². The molecule has 2 aromatic carbocycles. The van der Waals surface area contributed by atoms with Gasteiger partial charge in [0.25, 0.3) is 0 Å². The van der Waals surface area contributed by atoms with Gasteiger partial charge in [-0.2, -0.15) is 0 Å². The van der Waals surface area contributed by atoms with E-state index in [4.69, 9.17) is 4.74 Å². The summed E-state index contributed by atoms with van der Waals surface area (Å²) in [4.78, 5) is 11.4. The fraction of sp³-hybridized carbons (Fsp3) is 0.346. The lowest BCUT2D eigenvalue weighted by molar-refractivity contribution is -0.139. The van der Waals surface area contributed by atoms with Crippen molar-refractivity contribution < 1.29 is 9.53 Å². The number of benzene rings is 2. The van der Waals surface area contributed by atoms with Crippen molar-refractivity contribution in [3.05, 3.63) is 76.4 Å². The lowest BCUT2D eigenvalue weighted by atomic mass is 9.78. The smallest absolute Gasteiger partial charge is 0.317 e. The van der Waals surface area contributed by atoms with Crippen molar-refractivity contribution in [1.82, 2.24) is 0 Å².